The number of aromatic nitrogens is 3. The van der Waals surface area contributed by atoms with Crippen molar-refractivity contribution < 1.29 is 0 Å². The molecule has 2 heterocycles. The lowest BCUT2D eigenvalue weighted by Crippen LogP contribution is -2.32. The molecule has 4 nitrogen and oxygen atoms in total. The summed E-state index contributed by atoms with van der Waals surface area (Å²) >= 11 is 5.52. The van der Waals surface area contributed by atoms with Crippen LogP contribution >= 0.6 is 12.2 Å². The molecule has 1 aromatic carbocycles. The molecule has 2 aromatic rings. The van der Waals surface area contributed by atoms with Crippen LogP contribution in [0.4, 0.5) is 0 Å². The van der Waals surface area contributed by atoms with E-state index in [4.69, 9.17) is 17.3 Å². The SMILES string of the molecule is Cn1c(-c2ccccc2)nn(CN2CCCCC2)c1=S. The maximum Gasteiger partial charge on any atom is 0.199 e. The molecule has 1 saturated heterocycles. The highest BCUT2D eigenvalue weighted by Crippen LogP contribution is 2.17. The molecule has 20 heavy (non-hydrogen) atoms. The predicted octanol–water partition coefficient (Wildman–Crippen LogP) is 3.06. The van der Waals surface area contributed by atoms with Crippen LogP contribution in [-0.2, 0) is 13.7 Å². The van der Waals surface area contributed by atoms with Gasteiger partial charge in [0, 0.05) is 12.6 Å². The minimum absolute atomic E-state index is 0.787. The van der Waals surface area contributed by atoms with Crippen LogP contribution in [-0.4, -0.2) is 32.3 Å². The fourth-order valence-electron chi connectivity index (χ4n) is 2.71. The summed E-state index contributed by atoms with van der Waals surface area (Å²) in [5, 5.41) is 4.71. The second-order valence-corrected chi connectivity index (χ2v) is 5.72. The molecule has 0 bridgehead atoms. The van der Waals surface area contributed by atoms with Crippen LogP contribution in [0, 0.1) is 4.77 Å². The second kappa shape index (κ2) is 5.89. The Hall–Kier alpha value is -1.46. The molecule has 106 valence electrons. The first kappa shape index (κ1) is 13.5. The third kappa shape index (κ3) is 2.69. The van der Waals surface area contributed by atoms with Crippen LogP contribution in [0.3, 0.4) is 0 Å². The highest BCUT2D eigenvalue weighted by molar-refractivity contribution is 7.71. The Labute approximate surface area is 124 Å². The zero-order valence-corrected chi connectivity index (χ0v) is 12.6. The van der Waals surface area contributed by atoms with Gasteiger partial charge in [-0.25, -0.2) is 4.68 Å². The van der Waals surface area contributed by atoms with Crippen molar-refractivity contribution in [2.75, 3.05) is 13.1 Å². The van der Waals surface area contributed by atoms with Crippen molar-refractivity contribution in [3.8, 4) is 11.4 Å². The highest BCUT2D eigenvalue weighted by atomic mass is 32.1. The van der Waals surface area contributed by atoms with E-state index in [1.807, 2.05) is 34.5 Å². The number of likely N-dealkylation sites (tertiary alicyclic amines) is 1. The Morgan fingerprint density at radius 2 is 1.80 bits per heavy atom. The zero-order valence-electron chi connectivity index (χ0n) is 11.8. The molecule has 1 aromatic heterocycles. The molecular weight excluding hydrogens is 268 g/mol. The first-order valence-electron chi connectivity index (χ1n) is 7.17. The lowest BCUT2D eigenvalue weighted by molar-refractivity contribution is 0.172. The Morgan fingerprint density at radius 3 is 2.50 bits per heavy atom. The third-order valence-corrected chi connectivity index (χ3v) is 4.34. The van der Waals surface area contributed by atoms with Gasteiger partial charge in [0.2, 0.25) is 0 Å². The minimum atomic E-state index is 0.787. The lowest BCUT2D eigenvalue weighted by Gasteiger charge is -2.25. The van der Waals surface area contributed by atoms with E-state index >= 15 is 0 Å². The molecule has 5 heteroatoms. The quantitative estimate of drug-likeness (QED) is 0.812. The molecule has 0 saturated carbocycles. The largest absolute Gasteiger partial charge is 0.303 e. The van der Waals surface area contributed by atoms with Gasteiger partial charge in [-0.05, 0) is 38.1 Å². The summed E-state index contributed by atoms with van der Waals surface area (Å²) in [5.41, 5.74) is 1.11. The normalized spacial score (nSPS) is 16.4. The van der Waals surface area contributed by atoms with Crippen molar-refractivity contribution in [3.63, 3.8) is 0 Å². The van der Waals surface area contributed by atoms with Crippen molar-refractivity contribution >= 4 is 12.2 Å². The maximum atomic E-state index is 5.52. The number of benzene rings is 1. The van der Waals surface area contributed by atoms with Crippen molar-refractivity contribution in [2.45, 2.75) is 25.9 Å². The van der Waals surface area contributed by atoms with E-state index in [2.05, 4.69) is 17.0 Å². The average Bonchev–Trinajstić information content (AvgIpc) is 2.78. The lowest BCUT2D eigenvalue weighted by atomic mass is 10.1. The first-order valence-corrected chi connectivity index (χ1v) is 7.58. The molecule has 1 fully saturated rings. The minimum Gasteiger partial charge on any atom is -0.303 e. The topological polar surface area (TPSA) is 26.0 Å². The van der Waals surface area contributed by atoms with Crippen LogP contribution in [0.2, 0.25) is 0 Å². The van der Waals surface area contributed by atoms with Gasteiger partial charge in [-0.1, -0.05) is 36.8 Å². The van der Waals surface area contributed by atoms with E-state index in [-0.39, 0.29) is 0 Å². The Kier molecular flexibility index (Phi) is 3.98. The average molecular weight is 288 g/mol. The molecular formula is C15H20N4S. The zero-order chi connectivity index (χ0) is 13.9. The molecule has 3 rings (SSSR count). The molecule has 0 radical (unpaired) electrons. The number of piperidine rings is 1. The van der Waals surface area contributed by atoms with Gasteiger partial charge in [0.15, 0.2) is 10.6 Å². The van der Waals surface area contributed by atoms with E-state index < -0.39 is 0 Å². The number of rotatable bonds is 3. The number of hydrogen-bond acceptors (Lipinski definition) is 3. The van der Waals surface area contributed by atoms with Gasteiger partial charge in [-0.15, -0.1) is 0 Å². The summed E-state index contributed by atoms with van der Waals surface area (Å²) in [4.78, 5) is 2.43. The molecule has 0 atom stereocenters. The molecule has 0 N–H and O–H groups in total. The van der Waals surface area contributed by atoms with Gasteiger partial charge in [0.1, 0.15) is 0 Å². The molecule has 1 aliphatic heterocycles. The summed E-state index contributed by atoms with van der Waals surface area (Å²) in [7, 11) is 1.99. The van der Waals surface area contributed by atoms with Gasteiger partial charge in [-0.2, -0.15) is 5.10 Å². The highest BCUT2D eigenvalue weighted by Gasteiger charge is 2.14. The van der Waals surface area contributed by atoms with E-state index in [0.717, 1.165) is 35.9 Å². The Bertz CT molecular complexity index is 623. The fraction of sp³-hybridized carbons (Fsp3) is 0.467. The predicted molar refractivity (Wildman–Crippen MR) is 82.9 cm³/mol. The van der Waals surface area contributed by atoms with E-state index in [1.165, 1.54) is 19.3 Å². The summed E-state index contributed by atoms with van der Waals surface area (Å²) in [5.74, 6) is 0.938. The van der Waals surface area contributed by atoms with Gasteiger partial charge in [0.25, 0.3) is 0 Å². The van der Waals surface area contributed by atoms with Crippen molar-refractivity contribution in [3.05, 3.63) is 35.1 Å². The van der Waals surface area contributed by atoms with E-state index in [0.29, 0.717) is 0 Å². The van der Waals surface area contributed by atoms with E-state index in [1.54, 1.807) is 0 Å². The van der Waals surface area contributed by atoms with Crippen LogP contribution in [0.15, 0.2) is 30.3 Å². The van der Waals surface area contributed by atoms with Crippen LogP contribution in [0.5, 0.6) is 0 Å². The van der Waals surface area contributed by atoms with Crippen molar-refractivity contribution in [2.24, 2.45) is 7.05 Å². The number of nitrogens with zero attached hydrogens (tertiary/aromatic N) is 4. The second-order valence-electron chi connectivity index (χ2n) is 5.35. The van der Waals surface area contributed by atoms with Crippen molar-refractivity contribution in [1.29, 1.82) is 0 Å². The summed E-state index contributed by atoms with van der Waals surface area (Å²) < 4.78 is 4.73. The van der Waals surface area contributed by atoms with Crippen LogP contribution < -0.4 is 0 Å². The van der Waals surface area contributed by atoms with Crippen LogP contribution in [0.25, 0.3) is 11.4 Å². The molecule has 0 amide bonds. The van der Waals surface area contributed by atoms with Crippen molar-refractivity contribution in [1.82, 2.24) is 19.2 Å². The Balaban J connectivity index is 1.88. The number of hydrogen-bond donors (Lipinski definition) is 0. The molecule has 0 unspecified atom stereocenters. The van der Waals surface area contributed by atoms with Gasteiger partial charge in [0.05, 0.1) is 6.67 Å². The fourth-order valence-corrected chi connectivity index (χ4v) is 2.89. The standard InChI is InChI=1S/C15H20N4S/c1-17-14(13-8-4-2-5-9-13)16-19(15(17)20)12-18-10-6-3-7-11-18/h2,4-5,8-9H,3,6-7,10-12H2,1H3. The monoisotopic (exact) mass is 288 g/mol. The van der Waals surface area contributed by atoms with Gasteiger partial charge >= 0.3 is 0 Å². The Morgan fingerprint density at radius 1 is 1.10 bits per heavy atom. The summed E-state index contributed by atoms with van der Waals surface area (Å²) in [6.07, 6.45) is 3.91. The first-order chi connectivity index (χ1) is 9.75. The van der Waals surface area contributed by atoms with E-state index in [9.17, 15) is 0 Å². The molecule has 1 aliphatic rings. The summed E-state index contributed by atoms with van der Waals surface area (Å²) in [6, 6.07) is 10.2. The maximum absolute atomic E-state index is 5.52. The van der Waals surface area contributed by atoms with Gasteiger partial charge < -0.3 is 4.57 Å². The van der Waals surface area contributed by atoms with Gasteiger partial charge in [-0.3, -0.25) is 4.90 Å². The molecule has 0 spiro atoms. The molecule has 0 aliphatic carbocycles. The van der Waals surface area contributed by atoms with Crippen LogP contribution in [0.1, 0.15) is 19.3 Å². The third-order valence-electron chi connectivity index (χ3n) is 3.86. The summed E-state index contributed by atoms with van der Waals surface area (Å²) in [6.45, 7) is 3.11. The smallest absolute Gasteiger partial charge is 0.199 e.